The molecule has 0 saturated carbocycles. The van der Waals surface area contributed by atoms with Gasteiger partial charge in [-0.15, -0.1) is 12.4 Å². The predicted molar refractivity (Wildman–Crippen MR) is 81.0 cm³/mol. The van der Waals surface area contributed by atoms with Gasteiger partial charge >= 0.3 is 0 Å². The van der Waals surface area contributed by atoms with E-state index in [9.17, 15) is 18.5 Å². The monoisotopic (exact) mass is 335 g/mol. The minimum Gasteiger partial charge on any atom is -0.329 e. The Morgan fingerprint density at radius 3 is 2.71 bits per heavy atom. The normalized spacial score (nSPS) is 19.2. The minimum atomic E-state index is -3.74. The van der Waals surface area contributed by atoms with E-state index in [2.05, 4.69) is 0 Å². The van der Waals surface area contributed by atoms with Gasteiger partial charge in [0, 0.05) is 30.8 Å². The number of nitro benzene ring substituents is 1. The van der Waals surface area contributed by atoms with Gasteiger partial charge in [-0.1, -0.05) is 6.07 Å². The van der Waals surface area contributed by atoms with Crippen LogP contribution in [0.1, 0.15) is 18.4 Å². The highest BCUT2D eigenvalue weighted by Crippen LogP contribution is 2.30. The van der Waals surface area contributed by atoms with Crippen LogP contribution in [-0.2, 0) is 10.0 Å². The van der Waals surface area contributed by atoms with Gasteiger partial charge in [-0.2, -0.15) is 4.31 Å². The number of benzene rings is 1. The maximum Gasteiger partial charge on any atom is 0.273 e. The van der Waals surface area contributed by atoms with Gasteiger partial charge < -0.3 is 5.73 Å². The zero-order valence-corrected chi connectivity index (χ0v) is 13.2. The van der Waals surface area contributed by atoms with Crippen LogP contribution < -0.4 is 5.73 Å². The highest BCUT2D eigenvalue weighted by atomic mass is 35.5. The van der Waals surface area contributed by atoms with E-state index in [1.807, 2.05) is 0 Å². The van der Waals surface area contributed by atoms with E-state index in [4.69, 9.17) is 5.73 Å². The van der Waals surface area contributed by atoms with Crippen LogP contribution in [0.3, 0.4) is 0 Å². The van der Waals surface area contributed by atoms with Crippen molar-refractivity contribution in [2.75, 3.05) is 13.1 Å². The molecular formula is C12H18ClN3O4S. The van der Waals surface area contributed by atoms with Crippen LogP contribution in [0.4, 0.5) is 5.69 Å². The van der Waals surface area contributed by atoms with Crippen molar-refractivity contribution in [3.63, 3.8) is 0 Å². The number of sulfonamides is 1. The summed E-state index contributed by atoms with van der Waals surface area (Å²) in [5.41, 5.74) is 5.58. The van der Waals surface area contributed by atoms with Crippen LogP contribution in [0, 0.1) is 17.0 Å². The van der Waals surface area contributed by atoms with Crippen molar-refractivity contribution in [2.45, 2.75) is 30.7 Å². The van der Waals surface area contributed by atoms with Crippen LogP contribution in [-0.4, -0.2) is 36.8 Å². The lowest BCUT2D eigenvalue weighted by atomic mass is 10.2. The molecule has 1 fully saturated rings. The van der Waals surface area contributed by atoms with Gasteiger partial charge in [0.2, 0.25) is 10.0 Å². The first-order valence-electron chi connectivity index (χ1n) is 6.35. The zero-order valence-electron chi connectivity index (χ0n) is 11.6. The first-order chi connectivity index (χ1) is 9.39. The molecule has 9 heteroatoms. The Kier molecular flexibility index (Phi) is 5.68. The van der Waals surface area contributed by atoms with Crippen molar-refractivity contribution in [2.24, 2.45) is 5.73 Å². The standard InChI is InChI=1S/C12H17N3O4S.ClH/c1-9-11(15(16)17)5-2-6-12(9)20(18,19)14-7-3-4-10(14)8-13;/h2,5-6,10H,3-4,7-8,13H2,1H3;1H. The van der Waals surface area contributed by atoms with E-state index in [1.165, 1.54) is 29.4 Å². The Morgan fingerprint density at radius 1 is 1.48 bits per heavy atom. The molecule has 1 aliphatic rings. The maximum atomic E-state index is 12.6. The molecule has 1 atom stereocenters. The molecule has 118 valence electrons. The van der Waals surface area contributed by atoms with Gasteiger partial charge in [0.05, 0.1) is 9.82 Å². The fourth-order valence-electron chi connectivity index (χ4n) is 2.57. The topological polar surface area (TPSA) is 107 Å². The average molecular weight is 336 g/mol. The maximum absolute atomic E-state index is 12.6. The molecule has 0 amide bonds. The minimum absolute atomic E-state index is 0. The van der Waals surface area contributed by atoms with Crippen molar-refractivity contribution in [3.05, 3.63) is 33.9 Å². The summed E-state index contributed by atoms with van der Waals surface area (Å²) in [7, 11) is -3.74. The Labute approximate surface area is 129 Å². The van der Waals surface area contributed by atoms with Crippen LogP contribution in [0.15, 0.2) is 23.1 Å². The molecule has 1 saturated heterocycles. The van der Waals surface area contributed by atoms with Gasteiger partial charge in [-0.3, -0.25) is 10.1 Å². The lowest BCUT2D eigenvalue weighted by molar-refractivity contribution is -0.385. The molecule has 1 heterocycles. The summed E-state index contributed by atoms with van der Waals surface area (Å²) < 4.78 is 26.7. The number of hydrogen-bond acceptors (Lipinski definition) is 5. The predicted octanol–water partition coefficient (Wildman–Crippen LogP) is 1.44. The molecule has 1 aromatic carbocycles. The van der Waals surface area contributed by atoms with Crippen LogP contribution in [0.25, 0.3) is 0 Å². The lowest BCUT2D eigenvalue weighted by Gasteiger charge is -2.23. The highest BCUT2D eigenvalue weighted by molar-refractivity contribution is 7.89. The Bertz CT molecular complexity index is 635. The molecule has 2 rings (SSSR count). The van der Waals surface area contributed by atoms with Crippen molar-refractivity contribution in [3.8, 4) is 0 Å². The fourth-order valence-corrected chi connectivity index (χ4v) is 4.52. The van der Waals surface area contributed by atoms with Crippen molar-refractivity contribution >= 4 is 28.1 Å². The Hall–Kier alpha value is -1.22. The highest BCUT2D eigenvalue weighted by Gasteiger charge is 2.36. The number of hydrogen-bond donors (Lipinski definition) is 1. The van der Waals surface area contributed by atoms with E-state index in [0.29, 0.717) is 6.54 Å². The molecule has 0 radical (unpaired) electrons. The molecule has 21 heavy (non-hydrogen) atoms. The average Bonchev–Trinajstić information content (AvgIpc) is 2.87. The summed E-state index contributed by atoms with van der Waals surface area (Å²) in [6.45, 7) is 2.12. The SMILES string of the molecule is Cc1c([N+](=O)[O-])cccc1S(=O)(=O)N1CCCC1CN.Cl. The molecule has 0 spiro atoms. The van der Waals surface area contributed by atoms with Crippen molar-refractivity contribution < 1.29 is 13.3 Å². The molecule has 1 aliphatic heterocycles. The van der Waals surface area contributed by atoms with Crippen molar-refractivity contribution in [1.29, 1.82) is 0 Å². The second-order valence-corrected chi connectivity index (χ2v) is 6.66. The number of nitrogens with zero attached hydrogens (tertiary/aromatic N) is 2. The second-order valence-electron chi connectivity index (χ2n) is 4.80. The largest absolute Gasteiger partial charge is 0.329 e. The molecule has 2 N–H and O–H groups in total. The van der Waals surface area contributed by atoms with Gasteiger partial charge in [-0.05, 0) is 25.8 Å². The third-order valence-corrected chi connectivity index (χ3v) is 5.73. The molecular weight excluding hydrogens is 318 g/mol. The fraction of sp³-hybridized carbons (Fsp3) is 0.500. The van der Waals surface area contributed by atoms with Crippen LogP contribution >= 0.6 is 12.4 Å². The lowest BCUT2D eigenvalue weighted by Crippen LogP contribution is -2.40. The molecule has 7 nitrogen and oxygen atoms in total. The number of nitro groups is 1. The molecule has 0 bridgehead atoms. The first kappa shape index (κ1) is 17.8. The molecule has 0 aliphatic carbocycles. The van der Waals surface area contributed by atoms with Gasteiger partial charge in [0.1, 0.15) is 0 Å². The van der Waals surface area contributed by atoms with Crippen molar-refractivity contribution in [1.82, 2.24) is 4.31 Å². The van der Waals surface area contributed by atoms with Gasteiger partial charge in [0.15, 0.2) is 0 Å². The van der Waals surface area contributed by atoms with E-state index >= 15 is 0 Å². The Balaban J connectivity index is 0.00000220. The van der Waals surface area contributed by atoms with Gasteiger partial charge in [0.25, 0.3) is 5.69 Å². The van der Waals surface area contributed by atoms with E-state index in [1.54, 1.807) is 0 Å². The van der Waals surface area contributed by atoms with E-state index < -0.39 is 14.9 Å². The van der Waals surface area contributed by atoms with E-state index in [0.717, 1.165) is 12.8 Å². The smallest absolute Gasteiger partial charge is 0.273 e. The third-order valence-electron chi connectivity index (χ3n) is 3.63. The van der Waals surface area contributed by atoms with E-state index in [-0.39, 0.29) is 41.1 Å². The number of halogens is 1. The van der Waals surface area contributed by atoms with Crippen LogP contribution in [0.2, 0.25) is 0 Å². The summed E-state index contributed by atoms with van der Waals surface area (Å²) in [6, 6.07) is 3.88. The summed E-state index contributed by atoms with van der Waals surface area (Å²) in [5.74, 6) is 0. The molecule has 1 unspecified atom stereocenters. The third kappa shape index (κ3) is 3.18. The summed E-state index contributed by atoms with van der Waals surface area (Å²) in [5, 5.41) is 10.9. The molecule has 1 aromatic rings. The summed E-state index contributed by atoms with van der Waals surface area (Å²) in [6.07, 6.45) is 1.48. The summed E-state index contributed by atoms with van der Waals surface area (Å²) in [4.78, 5) is 10.3. The summed E-state index contributed by atoms with van der Waals surface area (Å²) >= 11 is 0. The number of rotatable bonds is 4. The quantitative estimate of drug-likeness (QED) is 0.661. The first-order valence-corrected chi connectivity index (χ1v) is 7.79. The Morgan fingerprint density at radius 2 is 2.14 bits per heavy atom. The second kappa shape index (κ2) is 6.69. The molecule has 0 aromatic heterocycles. The van der Waals surface area contributed by atoms with Gasteiger partial charge in [-0.25, -0.2) is 8.42 Å². The zero-order chi connectivity index (χ0) is 14.9. The number of nitrogens with two attached hydrogens (primary N) is 1. The van der Waals surface area contributed by atoms with Crippen LogP contribution in [0.5, 0.6) is 0 Å².